The van der Waals surface area contributed by atoms with Gasteiger partial charge in [-0.2, -0.15) is 0 Å². The molecule has 116 valence electrons. The van der Waals surface area contributed by atoms with Crippen molar-refractivity contribution in [3.8, 4) is 0 Å². The molecule has 0 aliphatic heterocycles. The van der Waals surface area contributed by atoms with Gasteiger partial charge >= 0.3 is 5.97 Å². The van der Waals surface area contributed by atoms with E-state index in [4.69, 9.17) is 11.6 Å². The van der Waals surface area contributed by atoms with Crippen molar-refractivity contribution in [2.45, 2.75) is 20.3 Å². The molecule has 0 saturated heterocycles. The maximum absolute atomic E-state index is 12.6. The van der Waals surface area contributed by atoms with E-state index in [0.717, 1.165) is 0 Å². The van der Waals surface area contributed by atoms with E-state index < -0.39 is 0 Å². The summed E-state index contributed by atoms with van der Waals surface area (Å²) >= 11 is 9.48. The lowest BCUT2D eigenvalue weighted by atomic mass is 10.1. The van der Waals surface area contributed by atoms with Gasteiger partial charge in [-0.3, -0.25) is 9.59 Å². The summed E-state index contributed by atoms with van der Waals surface area (Å²) in [6.07, 6.45) is 0.167. The first-order valence-electron chi connectivity index (χ1n) is 6.67. The first-order chi connectivity index (χ1) is 9.86. The van der Waals surface area contributed by atoms with Crippen LogP contribution in [-0.2, 0) is 9.53 Å². The molecular weight excluding hydrogens is 358 g/mol. The van der Waals surface area contributed by atoms with Crippen LogP contribution >= 0.6 is 27.5 Å². The largest absolute Gasteiger partial charge is 0.469 e. The molecule has 0 aromatic heterocycles. The molecule has 0 N–H and O–H groups in total. The van der Waals surface area contributed by atoms with Gasteiger partial charge in [0.2, 0.25) is 0 Å². The molecule has 0 atom stereocenters. The average Bonchev–Trinajstić information content (AvgIpc) is 2.44. The second-order valence-corrected chi connectivity index (χ2v) is 6.30. The molecule has 0 aliphatic rings. The minimum atomic E-state index is -0.336. The summed E-state index contributed by atoms with van der Waals surface area (Å²) in [4.78, 5) is 25.5. The summed E-state index contributed by atoms with van der Waals surface area (Å²) < 4.78 is 5.30. The first-order valence-corrected chi connectivity index (χ1v) is 7.84. The molecule has 1 aromatic carbocycles. The summed E-state index contributed by atoms with van der Waals surface area (Å²) in [6, 6.07) is 5.22. The van der Waals surface area contributed by atoms with Gasteiger partial charge in [0.15, 0.2) is 0 Å². The second-order valence-electron chi connectivity index (χ2n) is 5.07. The monoisotopic (exact) mass is 375 g/mol. The van der Waals surface area contributed by atoms with E-state index in [1.807, 2.05) is 13.8 Å². The number of carbonyl (C=O) groups excluding carboxylic acids is 2. The van der Waals surface area contributed by atoms with Crippen LogP contribution in [0, 0.1) is 5.92 Å². The number of methoxy groups -OCH3 is 1. The van der Waals surface area contributed by atoms with Crippen LogP contribution in [0.4, 0.5) is 0 Å². The van der Waals surface area contributed by atoms with Crippen LogP contribution in [0.5, 0.6) is 0 Å². The Morgan fingerprint density at radius 2 is 2.05 bits per heavy atom. The van der Waals surface area contributed by atoms with Gasteiger partial charge in [-0.1, -0.05) is 31.5 Å². The van der Waals surface area contributed by atoms with E-state index in [1.165, 1.54) is 7.11 Å². The predicted molar refractivity (Wildman–Crippen MR) is 86.5 cm³/mol. The lowest BCUT2D eigenvalue weighted by molar-refractivity contribution is -0.140. The van der Waals surface area contributed by atoms with E-state index in [0.29, 0.717) is 28.1 Å². The minimum absolute atomic E-state index is 0.167. The molecule has 1 aromatic rings. The van der Waals surface area contributed by atoms with Crippen molar-refractivity contribution in [1.29, 1.82) is 0 Å². The fraction of sp³-hybridized carbons (Fsp3) is 0.467. The maximum Gasteiger partial charge on any atom is 0.307 e. The standard InChI is InChI=1S/C15H19BrClNO3/c1-10(2)9-18(8-7-13(19)21-3)15(20)11-5-4-6-12(16)14(11)17/h4-6,10H,7-9H2,1-3H3. The second kappa shape index (κ2) is 8.39. The molecule has 0 bridgehead atoms. The van der Waals surface area contributed by atoms with Gasteiger partial charge in [0, 0.05) is 17.6 Å². The zero-order valence-corrected chi connectivity index (χ0v) is 14.7. The maximum atomic E-state index is 12.6. The van der Waals surface area contributed by atoms with Crippen molar-refractivity contribution in [3.05, 3.63) is 33.3 Å². The molecule has 0 radical (unpaired) electrons. The van der Waals surface area contributed by atoms with Crippen LogP contribution in [0.2, 0.25) is 5.02 Å². The fourth-order valence-corrected chi connectivity index (χ4v) is 2.46. The molecule has 4 nitrogen and oxygen atoms in total. The zero-order valence-electron chi connectivity index (χ0n) is 12.4. The van der Waals surface area contributed by atoms with Gasteiger partial charge in [-0.25, -0.2) is 0 Å². The molecule has 1 rings (SSSR count). The normalized spacial score (nSPS) is 10.6. The zero-order chi connectivity index (χ0) is 16.0. The molecule has 6 heteroatoms. The first kappa shape index (κ1) is 18.0. The van der Waals surface area contributed by atoms with Crippen molar-refractivity contribution in [2.24, 2.45) is 5.92 Å². The molecule has 0 spiro atoms. The van der Waals surface area contributed by atoms with Gasteiger partial charge in [0.25, 0.3) is 5.91 Å². The number of hydrogen-bond acceptors (Lipinski definition) is 3. The third-order valence-corrected chi connectivity index (χ3v) is 4.16. The number of carbonyl (C=O) groups is 2. The number of ether oxygens (including phenoxy) is 1. The van der Waals surface area contributed by atoms with Gasteiger partial charge in [0.1, 0.15) is 0 Å². The molecule has 21 heavy (non-hydrogen) atoms. The molecular formula is C15H19BrClNO3. The van der Waals surface area contributed by atoms with Gasteiger partial charge in [0.05, 0.1) is 24.1 Å². The van der Waals surface area contributed by atoms with Crippen molar-refractivity contribution < 1.29 is 14.3 Å². The smallest absolute Gasteiger partial charge is 0.307 e. The highest BCUT2D eigenvalue weighted by atomic mass is 79.9. The summed E-state index contributed by atoms with van der Waals surface area (Å²) in [6.45, 7) is 4.90. The molecule has 0 unspecified atom stereocenters. The summed E-state index contributed by atoms with van der Waals surface area (Å²) in [5, 5.41) is 0.384. The third kappa shape index (κ3) is 5.32. The Bertz CT molecular complexity index is 520. The highest BCUT2D eigenvalue weighted by Gasteiger charge is 2.21. The van der Waals surface area contributed by atoms with Gasteiger partial charge in [-0.15, -0.1) is 0 Å². The third-order valence-electron chi connectivity index (χ3n) is 2.87. The number of rotatable bonds is 6. The van der Waals surface area contributed by atoms with E-state index >= 15 is 0 Å². The number of esters is 1. The SMILES string of the molecule is COC(=O)CCN(CC(C)C)C(=O)c1cccc(Br)c1Cl. The minimum Gasteiger partial charge on any atom is -0.469 e. The summed E-state index contributed by atoms with van der Waals surface area (Å²) in [5.74, 6) is -0.228. The Morgan fingerprint density at radius 3 is 2.62 bits per heavy atom. The number of hydrogen-bond donors (Lipinski definition) is 0. The predicted octanol–water partition coefficient (Wildman–Crippen LogP) is 3.76. The van der Waals surface area contributed by atoms with Crippen LogP contribution in [0.25, 0.3) is 0 Å². The Hall–Kier alpha value is -1.07. The Kier molecular flexibility index (Phi) is 7.18. The Morgan fingerprint density at radius 1 is 1.38 bits per heavy atom. The Balaban J connectivity index is 2.93. The fourth-order valence-electron chi connectivity index (χ4n) is 1.88. The average molecular weight is 377 g/mol. The lowest BCUT2D eigenvalue weighted by Gasteiger charge is -2.24. The summed E-state index contributed by atoms with van der Waals surface area (Å²) in [5.41, 5.74) is 0.427. The molecule has 0 fully saturated rings. The van der Waals surface area contributed by atoms with Gasteiger partial charge < -0.3 is 9.64 Å². The van der Waals surface area contributed by atoms with Crippen molar-refractivity contribution >= 4 is 39.4 Å². The lowest BCUT2D eigenvalue weighted by Crippen LogP contribution is -2.36. The van der Waals surface area contributed by atoms with E-state index in [9.17, 15) is 9.59 Å². The number of halogens is 2. The summed E-state index contributed by atoms with van der Waals surface area (Å²) in [7, 11) is 1.34. The quantitative estimate of drug-likeness (QED) is 0.710. The van der Waals surface area contributed by atoms with Gasteiger partial charge in [-0.05, 0) is 34.0 Å². The molecule has 1 amide bonds. The van der Waals surface area contributed by atoms with Crippen LogP contribution in [0.1, 0.15) is 30.6 Å². The van der Waals surface area contributed by atoms with Crippen molar-refractivity contribution in [1.82, 2.24) is 4.90 Å². The van der Waals surface area contributed by atoms with Crippen LogP contribution < -0.4 is 0 Å². The van der Waals surface area contributed by atoms with E-state index in [2.05, 4.69) is 20.7 Å². The van der Waals surface area contributed by atoms with Crippen LogP contribution in [0.3, 0.4) is 0 Å². The molecule has 0 heterocycles. The van der Waals surface area contributed by atoms with Crippen molar-refractivity contribution in [3.63, 3.8) is 0 Å². The highest BCUT2D eigenvalue weighted by Crippen LogP contribution is 2.27. The number of benzene rings is 1. The number of amides is 1. The highest BCUT2D eigenvalue weighted by molar-refractivity contribution is 9.10. The van der Waals surface area contributed by atoms with Crippen LogP contribution in [0.15, 0.2) is 22.7 Å². The topological polar surface area (TPSA) is 46.6 Å². The van der Waals surface area contributed by atoms with Crippen LogP contribution in [-0.4, -0.2) is 37.0 Å². The molecule has 0 saturated carbocycles. The number of nitrogens with zero attached hydrogens (tertiary/aromatic N) is 1. The Labute approximate surface area is 138 Å². The van der Waals surface area contributed by atoms with E-state index in [1.54, 1.807) is 23.1 Å². The van der Waals surface area contributed by atoms with E-state index in [-0.39, 0.29) is 24.2 Å². The molecule has 0 aliphatic carbocycles. The van der Waals surface area contributed by atoms with Crippen molar-refractivity contribution in [2.75, 3.05) is 20.2 Å².